The normalized spacial score (nSPS) is 11.9. The molecule has 5 aromatic rings. The molecule has 5 aromatic carbocycles. The Hall–Kier alpha value is -5.07. The highest BCUT2D eigenvalue weighted by Crippen LogP contribution is 2.28. The number of halogens is 1. The van der Waals surface area contributed by atoms with E-state index in [9.17, 15) is 21.2 Å². The highest BCUT2D eigenvalue weighted by molar-refractivity contribution is 7.92. The smallest absolute Gasteiger partial charge is 0.206 e. The summed E-state index contributed by atoms with van der Waals surface area (Å²) in [6.45, 7) is 4.06. The van der Waals surface area contributed by atoms with Gasteiger partial charge in [-0.3, -0.25) is 0 Å². The third kappa shape index (κ3) is 7.59. The maximum atomic E-state index is 13.2. The van der Waals surface area contributed by atoms with Crippen molar-refractivity contribution in [3.05, 3.63) is 127 Å². The number of nitrogens with two attached hydrogens (primary N) is 1. The average molecular weight is 659 g/mol. The number of nitrogens with zero attached hydrogens (tertiary/aromatic N) is 3. The van der Waals surface area contributed by atoms with Crippen LogP contribution in [0.15, 0.2) is 151 Å². The van der Waals surface area contributed by atoms with Gasteiger partial charge < -0.3 is 15.4 Å². The molecule has 0 radical (unpaired) electrons. The van der Waals surface area contributed by atoms with E-state index < -0.39 is 25.5 Å². The first kappa shape index (κ1) is 32.3. The molecule has 0 unspecified atom stereocenters. The molecule has 46 heavy (non-hydrogen) atoms. The minimum Gasteiger partial charge on any atom is -0.492 e. The zero-order valence-corrected chi connectivity index (χ0v) is 26.5. The Balaban J connectivity index is 1.20. The van der Waals surface area contributed by atoms with E-state index in [4.69, 9.17) is 10.5 Å². The summed E-state index contributed by atoms with van der Waals surface area (Å²) in [5.74, 6) is 0.202. The Morgan fingerprint density at radius 2 is 1.04 bits per heavy atom. The summed E-state index contributed by atoms with van der Waals surface area (Å²) in [6.07, 6.45) is 0. The van der Waals surface area contributed by atoms with Gasteiger partial charge in [0.15, 0.2) is 0 Å². The highest BCUT2D eigenvalue weighted by Gasteiger charge is 2.21. The number of nitrogen functional groups attached to an aromatic ring is 1. The molecule has 0 heterocycles. The number of rotatable bonds is 12. The lowest BCUT2D eigenvalue weighted by Gasteiger charge is -2.23. The Labute approximate surface area is 267 Å². The van der Waals surface area contributed by atoms with E-state index in [0.717, 1.165) is 42.2 Å². The summed E-state index contributed by atoms with van der Waals surface area (Å²) in [5, 5.41) is 8.50. The zero-order valence-electron chi connectivity index (χ0n) is 24.8. The Kier molecular flexibility index (Phi) is 9.78. The van der Waals surface area contributed by atoms with Gasteiger partial charge in [-0.25, -0.2) is 21.2 Å². The molecule has 0 aliphatic carbocycles. The van der Waals surface area contributed by atoms with Crippen molar-refractivity contribution in [3.63, 3.8) is 0 Å². The van der Waals surface area contributed by atoms with Crippen molar-refractivity contribution in [1.29, 1.82) is 0 Å². The SMILES string of the molecule is CCN(CCOc1ccc(N)cc1)c1ccc(N=Nc2ccc(S(=O)(=O)c3ccc(S(=O)(=O)c4ccc(F)cc4)cc3)cc2)cc1. The van der Waals surface area contributed by atoms with Crippen molar-refractivity contribution in [1.82, 2.24) is 0 Å². The fraction of sp³-hybridized carbons (Fsp3) is 0.118. The zero-order chi connectivity index (χ0) is 32.7. The van der Waals surface area contributed by atoms with Crippen LogP contribution in [0.3, 0.4) is 0 Å². The third-order valence-electron chi connectivity index (χ3n) is 7.10. The molecule has 5 rings (SSSR count). The monoisotopic (exact) mass is 658 g/mol. The molecule has 0 atom stereocenters. The van der Waals surface area contributed by atoms with E-state index >= 15 is 0 Å². The summed E-state index contributed by atoms with van der Waals surface area (Å²) in [5.41, 5.74) is 8.50. The van der Waals surface area contributed by atoms with Gasteiger partial charge in [-0.1, -0.05) is 0 Å². The minimum atomic E-state index is -3.94. The van der Waals surface area contributed by atoms with Crippen LogP contribution in [-0.4, -0.2) is 36.5 Å². The lowest BCUT2D eigenvalue weighted by molar-refractivity contribution is 0.324. The molecule has 2 N–H and O–H groups in total. The largest absolute Gasteiger partial charge is 0.492 e. The van der Waals surface area contributed by atoms with Crippen molar-refractivity contribution < 1.29 is 26.0 Å². The molecule has 0 spiro atoms. The molecule has 12 heteroatoms. The average Bonchev–Trinajstić information content (AvgIpc) is 3.07. The Morgan fingerprint density at radius 1 is 0.630 bits per heavy atom. The standard InChI is InChI=1S/C34H31FN4O5S2/c1-2-39(23-24-44-30-13-5-26(36)6-14-30)29-11-7-27(8-12-29)37-38-28-9-17-32(18-10-28)46(42,43)34-21-19-33(20-22-34)45(40,41)31-15-3-25(35)4-16-31/h3-22H,2,23-24,36H2,1H3. The van der Waals surface area contributed by atoms with Gasteiger partial charge in [-0.15, -0.1) is 0 Å². The summed E-state index contributed by atoms with van der Waals surface area (Å²) >= 11 is 0. The van der Waals surface area contributed by atoms with Gasteiger partial charge in [0.05, 0.1) is 37.5 Å². The predicted molar refractivity (Wildman–Crippen MR) is 175 cm³/mol. The van der Waals surface area contributed by atoms with Crippen LogP contribution in [0.25, 0.3) is 0 Å². The topological polar surface area (TPSA) is 131 Å². The molecule has 0 fully saturated rings. The molecular formula is C34H31FN4O5S2. The van der Waals surface area contributed by atoms with Gasteiger partial charge in [0.2, 0.25) is 19.7 Å². The van der Waals surface area contributed by atoms with E-state index in [2.05, 4.69) is 22.1 Å². The van der Waals surface area contributed by atoms with Crippen LogP contribution in [0.2, 0.25) is 0 Å². The van der Waals surface area contributed by atoms with E-state index in [0.29, 0.717) is 30.2 Å². The Morgan fingerprint density at radius 3 is 1.50 bits per heavy atom. The fourth-order valence-corrected chi connectivity index (χ4v) is 7.05. The maximum absolute atomic E-state index is 13.2. The van der Waals surface area contributed by atoms with Crippen LogP contribution in [-0.2, 0) is 19.7 Å². The second kappa shape index (κ2) is 13.9. The second-order valence-electron chi connectivity index (χ2n) is 10.1. The fourth-order valence-electron chi connectivity index (χ4n) is 4.53. The van der Waals surface area contributed by atoms with E-state index in [-0.39, 0.29) is 19.6 Å². The number of sulfone groups is 2. The van der Waals surface area contributed by atoms with Gasteiger partial charge in [-0.05, 0) is 128 Å². The third-order valence-corrected chi connectivity index (χ3v) is 10.7. The van der Waals surface area contributed by atoms with Crippen molar-refractivity contribution in [2.45, 2.75) is 26.5 Å². The molecule has 236 valence electrons. The molecule has 0 aliphatic rings. The summed E-state index contributed by atoms with van der Waals surface area (Å²) in [4.78, 5) is 1.93. The lowest BCUT2D eigenvalue weighted by atomic mass is 10.2. The molecule has 0 aliphatic heterocycles. The molecule has 0 aromatic heterocycles. The summed E-state index contributed by atoms with van der Waals surface area (Å²) in [7, 11) is -7.87. The van der Waals surface area contributed by atoms with E-state index in [1.54, 1.807) is 12.1 Å². The number of hydrogen-bond donors (Lipinski definition) is 1. The van der Waals surface area contributed by atoms with Crippen LogP contribution in [0.5, 0.6) is 5.75 Å². The van der Waals surface area contributed by atoms with Gasteiger partial charge in [0.25, 0.3) is 0 Å². The first-order chi connectivity index (χ1) is 22.1. The number of anilines is 2. The van der Waals surface area contributed by atoms with Gasteiger partial charge in [0, 0.05) is 17.9 Å². The second-order valence-corrected chi connectivity index (χ2v) is 14.0. The van der Waals surface area contributed by atoms with Crippen molar-refractivity contribution in [2.75, 3.05) is 30.3 Å². The van der Waals surface area contributed by atoms with Crippen molar-refractivity contribution >= 4 is 42.4 Å². The van der Waals surface area contributed by atoms with Gasteiger partial charge in [0.1, 0.15) is 18.2 Å². The number of ether oxygens (including phenoxy) is 1. The van der Waals surface area contributed by atoms with Crippen molar-refractivity contribution in [2.24, 2.45) is 10.2 Å². The number of hydrogen-bond acceptors (Lipinski definition) is 9. The highest BCUT2D eigenvalue weighted by atomic mass is 32.2. The van der Waals surface area contributed by atoms with E-state index in [1.807, 2.05) is 36.4 Å². The predicted octanol–water partition coefficient (Wildman–Crippen LogP) is 7.39. The molecular weight excluding hydrogens is 628 g/mol. The lowest BCUT2D eigenvalue weighted by Crippen LogP contribution is -2.27. The molecule has 0 saturated carbocycles. The number of likely N-dealkylation sites (N-methyl/N-ethyl adjacent to an activating group) is 1. The summed E-state index contributed by atoms with van der Waals surface area (Å²) in [6, 6.07) is 30.1. The van der Waals surface area contributed by atoms with Crippen molar-refractivity contribution in [3.8, 4) is 5.75 Å². The number of benzene rings is 5. The molecule has 0 saturated heterocycles. The summed E-state index contributed by atoms with van der Waals surface area (Å²) < 4.78 is 71.1. The molecule has 9 nitrogen and oxygen atoms in total. The van der Waals surface area contributed by atoms with Gasteiger partial charge >= 0.3 is 0 Å². The van der Waals surface area contributed by atoms with Crippen LogP contribution < -0.4 is 15.4 Å². The quantitative estimate of drug-likeness (QED) is 0.0840. The van der Waals surface area contributed by atoms with Crippen LogP contribution in [0.4, 0.5) is 27.1 Å². The van der Waals surface area contributed by atoms with Gasteiger partial charge in [-0.2, -0.15) is 10.2 Å². The first-order valence-electron chi connectivity index (χ1n) is 14.3. The molecule has 0 bridgehead atoms. The Bertz CT molecular complexity index is 2020. The molecule has 0 amide bonds. The van der Waals surface area contributed by atoms with E-state index in [1.165, 1.54) is 48.5 Å². The van der Waals surface area contributed by atoms with Crippen LogP contribution in [0.1, 0.15) is 6.92 Å². The maximum Gasteiger partial charge on any atom is 0.206 e. The number of azo groups is 1. The first-order valence-corrected chi connectivity index (χ1v) is 17.2. The minimum absolute atomic E-state index is 0.0185. The van der Waals surface area contributed by atoms with Crippen LogP contribution in [0, 0.1) is 5.82 Å². The van der Waals surface area contributed by atoms with Crippen LogP contribution >= 0.6 is 0 Å².